The van der Waals surface area contributed by atoms with Gasteiger partial charge in [-0.2, -0.15) is 0 Å². The summed E-state index contributed by atoms with van der Waals surface area (Å²) in [7, 11) is 0. The lowest BCUT2D eigenvalue weighted by Gasteiger charge is -2.19. The highest BCUT2D eigenvalue weighted by atomic mass is 16.7. The molecule has 1 aliphatic rings. The first-order valence-corrected chi connectivity index (χ1v) is 8.23. The average Bonchev–Trinajstić information content (AvgIpc) is 3.22. The van der Waals surface area contributed by atoms with Gasteiger partial charge in [0.2, 0.25) is 0 Å². The highest BCUT2D eigenvalue weighted by Gasteiger charge is 2.41. The average molecular weight is 335 g/mol. The zero-order valence-electron chi connectivity index (χ0n) is 14.6. The van der Waals surface area contributed by atoms with Crippen LogP contribution in [0.15, 0.2) is 24.3 Å². The quantitative estimate of drug-likeness (QED) is 0.650. The van der Waals surface area contributed by atoms with Crippen LogP contribution in [0.2, 0.25) is 0 Å². The SMILES string of the molecule is CCCOC(=O)NC1CC1c1ccccc1OC(=O)OC(C)(C)C. The Morgan fingerprint density at radius 3 is 2.62 bits per heavy atom. The first-order chi connectivity index (χ1) is 11.3. The van der Waals surface area contributed by atoms with Gasteiger partial charge in [-0.1, -0.05) is 25.1 Å². The molecule has 1 saturated carbocycles. The number of alkyl carbamates (subject to hydrolysis) is 1. The highest BCUT2D eigenvalue weighted by Crippen LogP contribution is 2.44. The maximum atomic E-state index is 11.9. The van der Waals surface area contributed by atoms with Crippen molar-refractivity contribution in [1.29, 1.82) is 0 Å². The van der Waals surface area contributed by atoms with Crippen LogP contribution < -0.4 is 10.1 Å². The van der Waals surface area contributed by atoms with Gasteiger partial charge in [-0.05, 0) is 39.7 Å². The standard InChI is InChI=1S/C18H25NO5/c1-5-10-22-16(20)19-14-11-13(14)12-8-6-7-9-15(12)23-17(21)24-18(2,3)4/h6-9,13-14H,5,10-11H2,1-4H3,(H,19,20). The molecule has 2 rings (SSSR count). The molecule has 0 spiro atoms. The number of amides is 1. The van der Waals surface area contributed by atoms with E-state index in [4.69, 9.17) is 14.2 Å². The van der Waals surface area contributed by atoms with E-state index in [1.807, 2.05) is 19.1 Å². The zero-order valence-corrected chi connectivity index (χ0v) is 14.6. The van der Waals surface area contributed by atoms with E-state index >= 15 is 0 Å². The Balaban J connectivity index is 1.95. The summed E-state index contributed by atoms with van der Waals surface area (Å²) in [6.07, 6.45) is 0.432. The lowest BCUT2D eigenvalue weighted by molar-refractivity contribution is 0.0204. The van der Waals surface area contributed by atoms with Gasteiger partial charge in [-0.3, -0.25) is 0 Å². The maximum Gasteiger partial charge on any atom is 0.514 e. The summed E-state index contributed by atoms with van der Waals surface area (Å²) in [5.41, 5.74) is 0.266. The van der Waals surface area contributed by atoms with Crippen molar-refractivity contribution in [2.24, 2.45) is 0 Å². The molecule has 1 aromatic carbocycles. The van der Waals surface area contributed by atoms with Crippen LogP contribution in [0.25, 0.3) is 0 Å². The molecule has 6 nitrogen and oxygen atoms in total. The molecular formula is C18H25NO5. The fourth-order valence-corrected chi connectivity index (χ4v) is 2.33. The molecule has 0 saturated heterocycles. The van der Waals surface area contributed by atoms with Crippen LogP contribution in [0.5, 0.6) is 5.75 Å². The van der Waals surface area contributed by atoms with E-state index in [0.29, 0.717) is 12.4 Å². The summed E-state index contributed by atoms with van der Waals surface area (Å²) in [5, 5.41) is 2.82. The number of para-hydroxylation sites is 1. The Kier molecular flexibility index (Phi) is 5.70. The Morgan fingerprint density at radius 1 is 1.25 bits per heavy atom. The van der Waals surface area contributed by atoms with Crippen LogP contribution in [0, 0.1) is 0 Å². The van der Waals surface area contributed by atoms with Gasteiger partial charge >= 0.3 is 12.2 Å². The summed E-state index contributed by atoms with van der Waals surface area (Å²) < 4.78 is 15.5. The van der Waals surface area contributed by atoms with Gasteiger partial charge in [-0.15, -0.1) is 0 Å². The minimum absolute atomic E-state index is 0.00209. The van der Waals surface area contributed by atoms with Crippen molar-refractivity contribution >= 4 is 12.2 Å². The molecule has 0 radical (unpaired) electrons. The Morgan fingerprint density at radius 2 is 1.96 bits per heavy atom. The maximum absolute atomic E-state index is 11.9. The molecule has 0 aromatic heterocycles. The number of nitrogens with one attached hydrogen (secondary N) is 1. The van der Waals surface area contributed by atoms with E-state index in [9.17, 15) is 9.59 Å². The number of carbonyl (C=O) groups is 2. The van der Waals surface area contributed by atoms with Crippen LogP contribution in [0.3, 0.4) is 0 Å². The van der Waals surface area contributed by atoms with Crippen molar-refractivity contribution in [2.45, 2.75) is 58.1 Å². The fraction of sp³-hybridized carbons (Fsp3) is 0.556. The fourth-order valence-electron chi connectivity index (χ4n) is 2.33. The summed E-state index contributed by atoms with van der Waals surface area (Å²) >= 11 is 0. The molecule has 1 aromatic rings. The molecule has 0 bridgehead atoms. The number of benzene rings is 1. The van der Waals surface area contributed by atoms with Crippen molar-refractivity contribution < 1.29 is 23.8 Å². The van der Waals surface area contributed by atoms with Gasteiger partial charge in [0, 0.05) is 17.5 Å². The zero-order chi connectivity index (χ0) is 17.7. The Labute approximate surface area is 142 Å². The molecule has 6 heteroatoms. The van der Waals surface area contributed by atoms with E-state index < -0.39 is 17.8 Å². The second-order valence-electron chi connectivity index (χ2n) is 6.83. The topological polar surface area (TPSA) is 73.9 Å². The van der Waals surface area contributed by atoms with E-state index in [1.54, 1.807) is 32.9 Å². The van der Waals surface area contributed by atoms with Crippen molar-refractivity contribution in [2.75, 3.05) is 6.61 Å². The van der Waals surface area contributed by atoms with Crippen LogP contribution in [0.4, 0.5) is 9.59 Å². The van der Waals surface area contributed by atoms with E-state index in [0.717, 1.165) is 18.4 Å². The molecule has 2 unspecified atom stereocenters. The third-order valence-electron chi connectivity index (χ3n) is 3.43. The van der Waals surface area contributed by atoms with Crippen molar-refractivity contribution in [3.63, 3.8) is 0 Å². The number of hydrogen-bond acceptors (Lipinski definition) is 5. The second-order valence-corrected chi connectivity index (χ2v) is 6.83. The van der Waals surface area contributed by atoms with Crippen LogP contribution in [-0.4, -0.2) is 30.5 Å². The molecule has 0 heterocycles. The Bertz CT molecular complexity index is 593. The van der Waals surface area contributed by atoms with Gasteiger partial charge in [0.15, 0.2) is 0 Å². The van der Waals surface area contributed by atoms with Gasteiger partial charge in [0.25, 0.3) is 0 Å². The normalized spacial score (nSPS) is 19.3. The predicted octanol–water partition coefficient (Wildman–Crippen LogP) is 3.99. The molecule has 1 N–H and O–H groups in total. The number of rotatable bonds is 5. The molecule has 1 aliphatic carbocycles. The molecule has 2 atom stereocenters. The lowest BCUT2D eigenvalue weighted by atomic mass is 10.1. The number of hydrogen-bond donors (Lipinski definition) is 1. The van der Waals surface area contributed by atoms with Crippen LogP contribution in [0.1, 0.15) is 52.0 Å². The van der Waals surface area contributed by atoms with Crippen molar-refractivity contribution in [1.82, 2.24) is 5.32 Å². The third-order valence-corrected chi connectivity index (χ3v) is 3.43. The van der Waals surface area contributed by atoms with Crippen molar-refractivity contribution in [3.8, 4) is 5.75 Å². The van der Waals surface area contributed by atoms with E-state index in [1.165, 1.54) is 0 Å². The highest BCUT2D eigenvalue weighted by molar-refractivity contribution is 5.69. The van der Waals surface area contributed by atoms with Crippen LogP contribution in [-0.2, 0) is 9.47 Å². The first-order valence-electron chi connectivity index (χ1n) is 8.23. The Hall–Kier alpha value is -2.24. The van der Waals surface area contributed by atoms with Gasteiger partial charge in [0.1, 0.15) is 11.4 Å². The van der Waals surface area contributed by atoms with Crippen molar-refractivity contribution in [3.05, 3.63) is 29.8 Å². The molecule has 24 heavy (non-hydrogen) atoms. The summed E-state index contributed by atoms with van der Waals surface area (Å²) in [6, 6.07) is 7.29. The number of carbonyl (C=O) groups excluding carboxylic acids is 2. The lowest BCUT2D eigenvalue weighted by Crippen LogP contribution is -2.28. The third kappa shape index (κ3) is 5.44. The monoisotopic (exact) mass is 335 g/mol. The van der Waals surface area contributed by atoms with Crippen LogP contribution >= 0.6 is 0 Å². The second kappa shape index (κ2) is 7.55. The molecule has 1 fully saturated rings. The van der Waals surface area contributed by atoms with E-state index in [2.05, 4.69) is 5.32 Å². The van der Waals surface area contributed by atoms with Gasteiger partial charge in [0.05, 0.1) is 6.61 Å². The van der Waals surface area contributed by atoms with Gasteiger partial charge in [-0.25, -0.2) is 9.59 Å². The van der Waals surface area contributed by atoms with Gasteiger partial charge < -0.3 is 19.5 Å². The molecule has 0 aliphatic heterocycles. The van der Waals surface area contributed by atoms with E-state index in [-0.39, 0.29) is 12.0 Å². The smallest absolute Gasteiger partial charge is 0.450 e. The molecular weight excluding hydrogens is 310 g/mol. The predicted molar refractivity (Wildman–Crippen MR) is 89.2 cm³/mol. The largest absolute Gasteiger partial charge is 0.514 e. The molecule has 132 valence electrons. The minimum atomic E-state index is -0.734. The summed E-state index contributed by atoms with van der Waals surface area (Å²) in [5.74, 6) is 0.570. The minimum Gasteiger partial charge on any atom is -0.450 e. The number of ether oxygens (including phenoxy) is 3. The summed E-state index contributed by atoms with van der Waals surface area (Å²) in [4.78, 5) is 23.5. The summed E-state index contributed by atoms with van der Waals surface area (Å²) in [6.45, 7) is 7.69. The first kappa shape index (κ1) is 18.1. The molecule has 1 amide bonds.